The van der Waals surface area contributed by atoms with Crippen LogP contribution in [0.1, 0.15) is 5.56 Å². The van der Waals surface area contributed by atoms with Gasteiger partial charge in [-0.3, -0.25) is 0 Å². The molecule has 3 heteroatoms. The summed E-state index contributed by atoms with van der Waals surface area (Å²) in [5.41, 5.74) is 1.12. The van der Waals surface area contributed by atoms with Crippen molar-refractivity contribution in [2.45, 2.75) is 44.1 Å². The summed E-state index contributed by atoms with van der Waals surface area (Å²) >= 11 is 0. The van der Waals surface area contributed by atoms with Crippen molar-refractivity contribution in [3.8, 4) is 0 Å². The summed E-state index contributed by atoms with van der Waals surface area (Å²) in [6, 6.07) is 10.2. The SMILES string of the molecule is C[Si](C)(C)C(O)(c1ccccc1)[Si](C)(C)C. The van der Waals surface area contributed by atoms with Gasteiger partial charge in [-0.15, -0.1) is 0 Å². The molecule has 1 N–H and O–H groups in total. The highest BCUT2D eigenvalue weighted by Gasteiger charge is 2.52. The minimum Gasteiger partial charge on any atom is -0.392 e. The minimum atomic E-state index is -1.67. The summed E-state index contributed by atoms with van der Waals surface area (Å²) in [6.45, 7) is 13.6. The topological polar surface area (TPSA) is 20.2 Å². The third-order valence-corrected chi connectivity index (χ3v) is 12.8. The maximum absolute atomic E-state index is 11.3. The standard InChI is InChI=1S/C13H24OSi2/c1-15(2,3)13(14,16(4,5)6)12-10-8-7-9-11-12/h7-11,14H,1-6H3. The molecule has 0 fully saturated rings. The van der Waals surface area contributed by atoms with Crippen LogP contribution in [0.5, 0.6) is 0 Å². The van der Waals surface area contributed by atoms with E-state index in [1.54, 1.807) is 0 Å². The van der Waals surface area contributed by atoms with Crippen molar-refractivity contribution in [3.63, 3.8) is 0 Å². The molecule has 0 radical (unpaired) electrons. The molecule has 0 spiro atoms. The van der Waals surface area contributed by atoms with Crippen molar-refractivity contribution < 1.29 is 5.11 Å². The van der Waals surface area contributed by atoms with Crippen molar-refractivity contribution in [2.24, 2.45) is 0 Å². The molecule has 1 aromatic carbocycles. The van der Waals surface area contributed by atoms with Crippen LogP contribution in [-0.4, -0.2) is 21.3 Å². The Morgan fingerprint density at radius 1 is 0.812 bits per heavy atom. The predicted molar refractivity (Wildman–Crippen MR) is 77.0 cm³/mol. The average molecular weight is 253 g/mol. The maximum Gasteiger partial charge on any atom is 0.0835 e. The van der Waals surface area contributed by atoms with E-state index in [4.69, 9.17) is 0 Å². The van der Waals surface area contributed by atoms with Gasteiger partial charge >= 0.3 is 0 Å². The lowest BCUT2D eigenvalue weighted by Gasteiger charge is -2.48. The molecule has 1 aromatic rings. The van der Waals surface area contributed by atoms with E-state index in [-0.39, 0.29) is 0 Å². The summed E-state index contributed by atoms with van der Waals surface area (Å²) in [7, 11) is -3.34. The lowest BCUT2D eigenvalue weighted by atomic mass is 10.2. The van der Waals surface area contributed by atoms with Crippen LogP contribution in [-0.2, 0) is 4.85 Å². The predicted octanol–water partition coefficient (Wildman–Crippen LogP) is 3.63. The summed E-state index contributed by atoms with van der Waals surface area (Å²) in [4.78, 5) is -0.554. The molecular weight excluding hydrogens is 228 g/mol. The minimum absolute atomic E-state index is 0.554. The third kappa shape index (κ3) is 2.17. The molecule has 0 unspecified atom stereocenters. The second-order valence-corrected chi connectivity index (χ2v) is 17.5. The molecule has 1 rings (SSSR count). The van der Waals surface area contributed by atoms with E-state index in [1.807, 2.05) is 18.2 Å². The molecule has 0 heterocycles. The number of rotatable bonds is 3. The lowest BCUT2D eigenvalue weighted by Crippen LogP contribution is -2.63. The monoisotopic (exact) mass is 252 g/mol. The van der Waals surface area contributed by atoms with E-state index >= 15 is 0 Å². The van der Waals surface area contributed by atoms with Gasteiger partial charge < -0.3 is 5.11 Å². The van der Waals surface area contributed by atoms with Gasteiger partial charge in [-0.1, -0.05) is 69.6 Å². The quantitative estimate of drug-likeness (QED) is 0.815. The number of hydrogen-bond acceptors (Lipinski definition) is 1. The number of aliphatic hydroxyl groups is 1. The van der Waals surface area contributed by atoms with Crippen LogP contribution in [0.4, 0.5) is 0 Å². The number of hydrogen-bond donors (Lipinski definition) is 1. The van der Waals surface area contributed by atoms with Crippen LogP contribution in [0.3, 0.4) is 0 Å². The Morgan fingerprint density at radius 3 is 1.50 bits per heavy atom. The van der Waals surface area contributed by atoms with Gasteiger partial charge in [-0.05, 0) is 5.56 Å². The van der Waals surface area contributed by atoms with E-state index in [0.29, 0.717) is 0 Å². The van der Waals surface area contributed by atoms with Gasteiger partial charge in [0.2, 0.25) is 0 Å². The van der Waals surface area contributed by atoms with Gasteiger partial charge in [-0.25, -0.2) is 0 Å². The molecule has 0 aliphatic heterocycles. The molecule has 0 aromatic heterocycles. The van der Waals surface area contributed by atoms with Crippen molar-refractivity contribution in [3.05, 3.63) is 35.9 Å². The Bertz CT molecular complexity index is 332. The zero-order chi connectivity index (χ0) is 12.6. The normalized spacial score (nSPS) is 13.9. The van der Waals surface area contributed by atoms with Crippen molar-refractivity contribution >= 4 is 16.1 Å². The van der Waals surface area contributed by atoms with E-state index in [2.05, 4.69) is 51.4 Å². The van der Waals surface area contributed by atoms with Gasteiger partial charge in [0.15, 0.2) is 0 Å². The van der Waals surface area contributed by atoms with Crippen molar-refractivity contribution in [1.29, 1.82) is 0 Å². The van der Waals surface area contributed by atoms with Crippen LogP contribution in [0.25, 0.3) is 0 Å². The van der Waals surface area contributed by atoms with Gasteiger partial charge in [0.1, 0.15) is 0 Å². The fourth-order valence-electron chi connectivity index (χ4n) is 2.67. The lowest BCUT2D eigenvalue weighted by molar-refractivity contribution is 0.191. The van der Waals surface area contributed by atoms with Gasteiger partial charge in [0, 0.05) is 0 Å². The van der Waals surface area contributed by atoms with Gasteiger partial charge in [0.25, 0.3) is 0 Å². The van der Waals surface area contributed by atoms with Crippen LogP contribution >= 0.6 is 0 Å². The first-order valence-electron chi connectivity index (χ1n) is 5.88. The first-order valence-corrected chi connectivity index (χ1v) is 12.9. The molecule has 1 nitrogen and oxygen atoms in total. The zero-order valence-electron chi connectivity index (χ0n) is 11.3. The summed E-state index contributed by atoms with van der Waals surface area (Å²) in [6.07, 6.45) is 0. The summed E-state index contributed by atoms with van der Waals surface area (Å²) in [5, 5.41) is 11.3. The maximum atomic E-state index is 11.3. The average Bonchev–Trinajstić information content (AvgIpc) is 2.14. The molecule has 0 amide bonds. The highest BCUT2D eigenvalue weighted by Crippen LogP contribution is 2.39. The molecule has 0 bridgehead atoms. The fraction of sp³-hybridized carbons (Fsp3) is 0.538. The smallest absolute Gasteiger partial charge is 0.0835 e. The molecule has 16 heavy (non-hydrogen) atoms. The molecule has 0 atom stereocenters. The summed E-state index contributed by atoms with van der Waals surface area (Å²) < 4.78 is 0. The highest BCUT2D eigenvalue weighted by molar-refractivity contribution is 6.97. The number of benzene rings is 1. The third-order valence-electron chi connectivity index (χ3n) is 3.36. The molecule has 0 aliphatic carbocycles. The largest absolute Gasteiger partial charge is 0.392 e. The van der Waals surface area contributed by atoms with Crippen molar-refractivity contribution in [1.82, 2.24) is 0 Å². The Balaban J connectivity index is 3.39. The zero-order valence-corrected chi connectivity index (χ0v) is 13.3. The van der Waals surface area contributed by atoms with Crippen LogP contribution in [0.15, 0.2) is 30.3 Å². The van der Waals surface area contributed by atoms with Gasteiger partial charge in [-0.2, -0.15) is 0 Å². The van der Waals surface area contributed by atoms with Crippen molar-refractivity contribution in [2.75, 3.05) is 0 Å². The first kappa shape index (κ1) is 13.7. The van der Waals surface area contributed by atoms with Crippen LogP contribution in [0.2, 0.25) is 39.3 Å². The molecule has 90 valence electrons. The Labute approximate surface area is 102 Å². The van der Waals surface area contributed by atoms with E-state index < -0.39 is 21.0 Å². The molecule has 0 saturated carbocycles. The van der Waals surface area contributed by atoms with Crippen LogP contribution < -0.4 is 0 Å². The first-order chi connectivity index (χ1) is 7.11. The molecular formula is C13H24OSi2. The fourth-order valence-corrected chi connectivity index (χ4v) is 13.7. The Morgan fingerprint density at radius 2 is 1.19 bits per heavy atom. The second kappa shape index (κ2) is 4.13. The molecule has 0 saturated heterocycles. The van der Waals surface area contributed by atoms with E-state index in [0.717, 1.165) is 5.56 Å². The van der Waals surface area contributed by atoms with Crippen LogP contribution in [0, 0.1) is 0 Å². The molecule has 0 aliphatic rings. The second-order valence-electron chi connectivity index (χ2n) is 6.58. The summed E-state index contributed by atoms with van der Waals surface area (Å²) in [5.74, 6) is 0. The van der Waals surface area contributed by atoms with Gasteiger partial charge in [0.05, 0.1) is 21.0 Å². The van der Waals surface area contributed by atoms with E-state index in [1.165, 1.54) is 0 Å². The Kier molecular flexibility index (Phi) is 3.53. The highest BCUT2D eigenvalue weighted by atomic mass is 28.4. The Hall–Kier alpha value is -0.386. The van der Waals surface area contributed by atoms with E-state index in [9.17, 15) is 5.11 Å².